The number of halogens is 1. The van der Waals surface area contributed by atoms with E-state index < -0.39 is 11.6 Å². The van der Waals surface area contributed by atoms with Gasteiger partial charge in [0.1, 0.15) is 11.9 Å². The molecule has 9 heteroatoms. The van der Waals surface area contributed by atoms with Gasteiger partial charge in [-0.1, -0.05) is 76.2 Å². The molecule has 0 radical (unpaired) electrons. The van der Waals surface area contributed by atoms with Crippen molar-refractivity contribution in [1.82, 2.24) is 10.9 Å². The van der Waals surface area contributed by atoms with Gasteiger partial charge < -0.3 is 14.6 Å². The Balaban J connectivity index is 1.34. The fourth-order valence-electron chi connectivity index (χ4n) is 4.75. The smallest absolute Gasteiger partial charge is 0.266 e. The monoisotopic (exact) mass is 659 g/mol. The standard InChI is InChI=1S/C34H34BrN3O4S/c1-24-34(22-25-12-16-28(35)17-13-25,37-32(42-24)26-14-18-29(19-15-26)41-21-7-20-39)33(40)38-36-23-27-8-5-6-11-31(27)43-30-9-3-2-4-10-30/h2-6,8-19,24,36,39H,7,20-23H2,1H3,(H,38,40)/t24-,34-/m0/s1. The third-order valence-electron chi connectivity index (χ3n) is 7.14. The number of carbonyl (C=O) groups is 1. The van der Waals surface area contributed by atoms with Crippen LogP contribution in [0.5, 0.6) is 5.75 Å². The number of aliphatic hydroxyl groups excluding tert-OH is 1. The molecule has 3 N–H and O–H groups in total. The van der Waals surface area contributed by atoms with Gasteiger partial charge in [0, 0.05) is 45.8 Å². The number of hydrogen-bond donors (Lipinski definition) is 3. The highest BCUT2D eigenvalue weighted by atomic mass is 79.9. The lowest BCUT2D eigenvalue weighted by molar-refractivity contribution is -0.129. The number of rotatable bonds is 13. The van der Waals surface area contributed by atoms with Crippen molar-refractivity contribution >= 4 is 39.5 Å². The molecule has 4 aromatic rings. The van der Waals surface area contributed by atoms with Crippen LogP contribution in [0.3, 0.4) is 0 Å². The maximum atomic E-state index is 14.0. The van der Waals surface area contributed by atoms with Gasteiger partial charge in [-0.15, -0.1) is 0 Å². The largest absolute Gasteiger partial charge is 0.494 e. The van der Waals surface area contributed by atoms with Crippen LogP contribution in [0.1, 0.15) is 30.0 Å². The van der Waals surface area contributed by atoms with E-state index in [1.807, 2.05) is 85.8 Å². The lowest BCUT2D eigenvalue weighted by atomic mass is 9.86. The van der Waals surface area contributed by atoms with Crippen LogP contribution in [0.15, 0.2) is 122 Å². The first-order chi connectivity index (χ1) is 21.0. The predicted octanol–water partition coefficient (Wildman–Crippen LogP) is 6.33. The molecule has 1 amide bonds. The molecule has 0 fully saturated rings. The van der Waals surface area contributed by atoms with E-state index in [0.29, 0.717) is 37.6 Å². The van der Waals surface area contributed by atoms with Crippen molar-refractivity contribution < 1.29 is 19.4 Å². The molecular weight excluding hydrogens is 626 g/mol. The lowest BCUT2D eigenvalue weighted by Gasteiger charge is -2.28. The summed E-state index contributed by atoms with van der Waals surface area (Å²) in [6.45, 7) is 2.84. The first kappa shape index (κ1) is 30.8. The highest BCUT2D eigenvalue weighted by Crippen LogP contribution is 2.34. The first-order valence-corrected chi connectivity index (χ1v) is 15.8. The number of nitrogens with zero attached hydrogens (tertiary/aromatic N) is 1. The summed E-state index contributed by atoms with van der Waals surface area (Å²) in [5, 5.41) is 9.00. The van der Waals surface area contributed by atoms with Crippen LogP contribution in [0.4, 0.5) is 0 Å². The average molecular weight is 661 g/mol. The molecule has 0 saturated carbocycles. The highest BCUT2D eigenvalue weighted by Gasteiger charge is 2.50. The normalized spacial score (nSPS) is 17.7. The van der Waals surface area contributed by atoms with Gasteiger partial charge in [-0.3, -0.25) is 10.2 Å². The predicted molar refractivity (Wildman–Crippen MR) is 173 cm³/mol. The summed E-state index contributed by atoms with van der Waals surface area (Å²) in [6.07, 6.45) is 0.407. The second-order valence-corrected chi connectivity index (χ2v) is 12.2. The van der Waals surface area contributed by atoms with Crippen molar-refractivity contribution in [2.45, 2.75) is 47.7 Å². The van der Waals surface area contributed by atoms with E-state index in [1.165, 1.54) is 0 Å². The van der Waals surface area contributed by atoms with Crippen LogP contribution in [-0.4, -0.2) is 41.8 Å². The minimum absolute atomic E-state index is 0.0805. The summed E-state index contributed by atoms with van der Waals surface area (Å²) in [6, 6.07) is 33.7. The van der Waals surface area contributed by atoms with Gasteiger partial charge in [0.05, 0.1) is 6.61 Å². The molecule has 43 heavy (non-hydrogen) atoms. The molecule has 0 aliphatic carbocycles. The Hall–Kier alpha value is -3.63. The molecule has 1 aliphatic heterocycles. The Labute approximate surface area is 264 Å². The second-order valence-electron chi connectivity index (χ2n) is 10.2. The van der Waals surface area contributed by atoms with E-state index in [4.69, 9.17) is 19.6 Å². The summed E-state index contributed by atoms with van der Waals surface area (Å²) in [5.41, 5.74) is 7.70. The lowest BCUT2D eigenvalue weighted by Crippen LogP contribution is -2.55. The summed E-state index contributed by atoms with van der Waals surface area (Å²) >= 11 is 5.18. The molecular formula is C34H34BrN3O4S. The minimum Gasteiger partial charge on any atom is -0.494 e. The van der Waals surface area contributed by atoms with Crippen molar-refractivity contribution in [3.63, 3.8) is 0 Å². The van der Waals surface area contributed by atoms with Crippen molar-refractivity contribution in [1.29, 1.82) is 0 Å². The third-order valence-corrected chi connectivity index (χ3v) is 8.79. The summed E-state index contributed by atoms with van der Waals surface area (Å²) < 4.78 is 12.9. The van der Waals surface area contributed by atoms with Crippen LogP contribution in [0.25, 0.3) is 0 Å². The zero-order valence-electron chi connectivity index (χ0n) is 23.8. The number of hydrogen-bond acceptors (Lipinski definition) is 7. The fraction of sp³-hybridized carbons (Fsp3) is 0.235. The summed E-state index contributed by atoms with van der Waals surface area (Å²) in [4.78, 5) is 21.2. The molecule has 1 heterocycles. The molecule has 222 valence electrons. The van der Waals surface area contributed by atoms with E-state index >= 15 is 0 Å². The van der Waals surface area contributed by atoms with Crippen molar-refractivity contribution in [3.05, 3.63) is 124 Å². The second kappa shape index (κ2) is 14.7. The van der Waals surface area contributed by atoms with Crippen LogP contribution >= 0.6 is 27.7 Å². The van der Waals surface area contributed by atoms with E-state index in [1.54, 1.807) is 11.8 Å². The zero-order valence-corrected chi connectivity index (χ0v) is 26.2. The van der Waals surface area contributed by atoms with Gasteiger partial charge in [0.15, 0.2) is 5.54 Å². The molecule has 4 aromatic carbocycles. The third kappa shape index (κ3) is 7.86. The Morgan fingerprint density at radius 3 is 2.47 bits per heavy atom. The van der Waals surface area contributed by atoms with Gasteiger partial charge in [0.25, 0.3) is 5.91 Å². The number of amides is 1. The van der Waals surface area contributed by atoms with Gasteiger partial charge in [0.2, 0.25) is 5.90 Å². The Kier molecular flexibility index (Phi) is 10.5. The van der Waals surface area contributed by atoms with Crippen LogP contribution in [-0.2, 0) is 22.5 Å². The van der Waals surface area contributed by atoms with E-state index in [9.17, 15) is 4.79 Å². The molecule has 7 nitrogen and oxygen atoms in total. The zero-order chi connectivity index (χ0) is 30.1. The first-order valence-electron chi connectivity index (χ1n) is 14.2. The molecule has 0 unspecified atom stereocenters. The molecule has 2 atom stereocenters. The summed E-state index contributed by atoms with van der Waals surface area (Å²) in [7, 11) is 0. The van der Waals surface area contributed by atoms with Crippen molar-refractivity contribution in [3.8, 4) is 5.75 Å². The SMILES string of the molecule is C[C@@H]1OC(c2ccc(OCCCO)cc2)=N[C@]1(Cc1ccc(Br)cc1)C(=O)NNCc1ccccc1Sc1ccccc1. The molecule has 5 rings (SSSR count). The van der Waals surface area contributed by atoms with Gasteiger partial charge in [-0.25, -0.2) is 10.4 Å². The Morgan fingerprint density at radius 2 is 1.72 bits per heavy atom. The number of aliphatic imine (C=N–C) groups is 1. The molecule has 0 bridgehead atoms. The molecule has 0 saturated heterocycles. The quantitative estimate of drug-likeness (QED) is 0.115. The van der Waals surface area contributed by atoms with E-state index in [-0.39, 0.29) is 12.5 Å². The number of hydrazine groups is 1. The molecule has 0 aromatic heterocycles. The maximum absolute atomic E-state index is 14.0. The molecule has 0 spiro atoms. The van der Waals surface area contributed by atoms with E-state index in [0.717, 1.165) is 31.0 Å². The van der Waals surface area contributed by atoms with Crippen LogP contribution in [0, 0.1) is 0 Å². The topological polar surface area (TPSA) is 92.2 Å². The van der Waals surface area contributed by atoms with E-state index in [2.05, 4.69) is 51.0 Å². The summed E-state index contributed by atoms with van der Waals surface area (Å²) in [5.74, 6) is 0.832. The van der Waals surface area contributed by atoms with Crippen LogP contribution < -0.4 is 15.6 Å². The minimum atomic E-state index is -1.19. The number of carbonyl (C=O) groups excluding carboxylic acids is 1. The highest BCUT2D eigenvalue weighted by molar-refractivity contribution is 9.10. The number of ether oxygens (including phenoxy) is 2. The van der Waals surface area contributed by atoms with Crippen molar-refractivity contribution in [2.75, 3.05) is 13.2 Å². The Bertz CT molecular complexity index is 1530. The maximum Gasteiger partial charge on any atom is 0.266 e. The van der Waals surface area contributed by atoms with Gasteiger partial charge >= 0.3 is 0 Å². The number of benzene rings is 4. The Morgan fingerprint density at radius 1 is 1.00 bits per heavy atom. The van der Waals surface area contributed by atoms with Gasteiger partial charge in [-0.05, 0) is 72.6 Å². The number of aliphatic hydroxyl groups is 1. The van der Waals surface area contributed by atoms with Gasteiger partial charge in [-0.2, -0.15) is 0 Å². The van der Waals surface area contributed by atoms with Crippen LogP contribution in [0.2, 0.25) is 0 Å². The van der Waals surface area contributed by atoms with Crippen molar-refractivity contribution in [2.24, 2.45) is 4.99 Å². The average Bonchev–Trinajstić information content (AvgIpc) is 3.36. The number of nitrogens with one attached hydrogen (secondary N) is 2. The molecule has 1 aliphatic rings. The fourth-order valence-corrected chi connectivity index (χ4v) is 5.98.